The fourth-order valence-corrected chi connectivity index (χ4v) is 3.82. The van der Waals surface area contributed by atoms with Crippen molar-refractivity contribution in [3.63, 3.8) is 0 Å². The molecule has 1 amide bonds. The molecular weight excluding hydrogens is 398 g/mol. The molecule has 0 aliphatic heterocycles. The summed E-state index contributed by atoms with van der Waals surface area (Å²) in [7, 11) is 0. The van der Waals surface area contributed by atoms with Gasteiger partial charge in [-0.15, -0.1) is 11.3 Å². The molecule has 30 heavy (non-hydrogen) atoms. The van der Waals surface area contributed by atoms with Crippen LogP contribution in [0.1, 0.15) is 31.9 Å². The van der Waals surface area contributed by atoms with Crippen LogP contribution in [0.15, 0.2) is 58.7 Å². The quantitative estimate of drug-likeness (QED) is 0.443. The molecule has 3 heterocycles. The van der Waals surface area contributed by atoms with Crippen LogP contribution >= 0.6 is 11.3 Å². The number of aromatic nitrogens is 2. The van der Waals surface area contributed by atoms with Gasteiger partial charge in [-0.2, -0.15) is 0 Å². The molecule has 6 nitrogen and oxygen atoms in total. The van der Waals surface area contributed by atoms with Crippen molar-refractivity contribution in [2.24, 2.45) is 0 Å². The van der Waals surface area contributed by atoms with Crippen molar-refractivity contribution < 1.29 is 13.9 Å². The van der Waals surface area contributed by atoms with Gasteiger partial charge in [0, 0.05) is 11.8 Å². The summed E-state index contributed by atoms with van der Waals surface area (Å²) < 4.78 is 11.3. The van der Waals surface area contributed by atoms with E-state index in [-0.39, 0.29) is 11.9 Å². The molecular formula is C23H21N3O3S. The number of hydrogen-bond acceptors (Lipinski definition) is 6. The summed E-state index contributed by atoms with van der Waals surface area (Å²) in [5.41, 5.74) is 5.04. The number of carbonyl (C=O) groups excluding carboxylic acids is 1. The van der Waals surface area contributed by atoms with Crippen LogP contribution in [0, 0.1) is 20.8 Å². The van der Waals surface area contributed by atoms with E-state index in [9.17, 15) is 4.79 Å². The molecule has 0 unspecified atom stereocenters. The van der Waals surface area contributed by atoms with E-state index in [2.05, 4.69) is 35.2 Å². The molecule has 1 aromatic carbocycles. The minimum Gasteiger partial charge on any atom is -0.489 e. The first kappa shape index (κ1) is 19.8. The van der Waals surface area contributed by atoms with E-state index in [1.54, 1.807) is 30.7 Å². The van der Waals surface area contributed by atoms with Crippen LogP contribution < -0.4 is 10.1 Å². The van der Waals surface area contributed by atoms with E-state index >= 15 is 0 Å². The molecule has 0 atom stereocenters. The average Bonchev–Trinajstić information content (AvgIpc) is 3.42. The first-order valence-corrected chi connectivity index (χ1v) is 10.3. The standard InChI is InChI=1S/C23H21N3O3S/c1-14-9-15(2)16(3)20(10-14)29-12-17-11-21(30-13-17)22(27)26-23-24-7-6-18(25-23)19-5-4-8-28-19/h4-11,13H,12H2,1-3H3,(H,24,25,26,27). The van der Waals surface area contributed by atoms with E-state index in [4.69, 9.17) is 9.15 Å². The van der Waals surface area contributed by atoms with Crippen molar-refractivity contribution >= 4 is 23.2 Å². The molecule has 152 valence electrons. The Kier molecular flexibility index (Phi) is 5.63. The number of ether oxygens (including phenoxy) is 1. The van der Waals surface area contributed by atoms with Crippen LogP contribution in [-0.4, -0.2) is 15.9 Å². The molecule has 4 aromatic rings. The zero-order valence-corrected chi connectivity index (χ0v) is 17.7. The number of benzene rings is 1. The summed E-state index contributed by atoms with van der Waals surface area (Å²) in [4.78, 5) is 21.6. The lowest BCUT2D eigenvalue weighted by Gasteiger charge is -2.11. The van der Waals surface area contributed by atoms with Crippen LogP contribution in [0.2, 0.25) is 0 Å². The normalized spacial score (nSPS) is 10.8. The lowest BCUT2D eigenvalue weighted by molar-refractivity contribution is 0.102. The number of carbonyl (C=O) groups is 1. The number of thiophene rings is 1. The van der Waals surface area contributed by atoms with Gasteiger partial charge >= 0.3 is 0 Å². The van der Waals surface area contributed by atoms with E-state index in [1.165, 1.54) is 16.9 Å². The number of furan rings is 1. The Labute approximate surface area is 178 Å². The molecule has 0 bridgehead atoms. The smallest absolute Gasteiger partial charge is 0.268 e. The Bertz CT molecular complexity index is 1180. The zero-order valence-electron chi connectivity index (χ0n) is 16.9. The van der Waals surface area contributed by atoms with Gasteiger partial charge in [0.15, 0.2) is 5.76 Å². The van der Waals surface area contributed by atoms with Gasteiger partial charge in [0.25, 0.3) is 5.91 Å². The maximum atomic E-state index is 12.6. The Morgan fingerprint density at radius 1 is 1.20 bits per heavy atom. The van der Waals surface area contributed by atoms with Gasteiger partial charge in [-0.1, -0.05) is 6.07 Å². The third-order valence-electron chi connectivity index (χ3n) is 4.69. The number of rotatable bonds is 6. The van der Waals surface area contributed by atoms with Crippen molar-refractivity contribution in [3.05, 3.63) is 81.4 Å². The van der Waals surface area contributed by atoms with Crippen molar-refractivity contribution in [3.8, 4) is 17.2 Å². The van der Waals surface area contributed by atoms with Gasteiger partial charge in [0.2, 0.25) is 5.95 Å². The maximum absolute atomic E-state index is 12.6. The number of anilines is 1. The fourth-order valence-electron chi connectivity index (χ4n) is 3.03. The molecule has 0 saturated heterocycles. The maximum Gasteiger partial charge on any atom is 0.268 e. The van der Waals surface area contributed by atoms with Gasteiger partial charge in [0.1, 0.15) is 18.1 Å². The van der Waals surface area contributed by atoms with Gasteiger partial charge in [-0.3, -0.25) is 10.1 Å². The Balaban J connectivity index is 1.42. The van der Waals surface area contributed by atoms with E-state index in [0.29, 0.717) is 22.9 Å². The molecule has 0 saturated carbocycles. The lowest BCUT2D eigenvalue weighted by atomic mass is 10.1. The summed E-state index contributed by atoms with van der Waals surface area (Å²) in [5, 5.41) is 4.66. The van der Waals surface area contributed by atoms with E-state index < -0.39 is 0 Å². The van der Waals surface area contributed by atoms with E-state index in [0.717, 1.165) is 22.4 Å². The Morgan fingerprint density at radius 3 is 2.87 bits per heavy atom. The van der Waals surface area contributed by atoms with Gasteiger partial charge < -0.3 is 9.15 Å². The van der Waals surface area contributed by atoms with Crippen LogP contribution in [0.5, 0.6) is 5.75 Å². The third kappa shape index (κ3) is 4.41. The fraction of sp³-hybridized carbons (Fsp3) is 0.174. The number of amides is 1. The first-order chi connectivity index (χ1) is 14.5. The minimum atomic E-state index is -0.259. The highest BCUT2D eigenvalue weighted by Gasteiger charge is 2.13. The summed E-state index contributed by atoms with van der Waals surface area (Å²) in [6.45, 7) is 6.58. The molecule has 3 aromatic heterocycles. The second-order valence-corrected chi connectivity index (χ2v) is 7.92. The van der Waals surface area contributed by atoms with Crippen LogP contribution in [0.25, 0.3) is 11.5 Å². The summed E-state index contributed by atoms with van der Waals surface area (Å²) >= 11 is 1.36. The number of hydrogen-bond donors (Lipinski definition) is 1. The highest BCUT2D eigenvalue weighted by Crippen LogP contribution is 2.25. The number of nitrogens with zero attached hydrogens (tertiary/aromatic N) is 2. The Hall–Kier alpha value is -3.45. The summed E-state index contributed by atoms with van der Waals surface area (Å²) in [6.07, 6.45) is 3.16. The number of nitrogens with one attached hydrogen (secondary N) is 1. The molecule has 0 fully saturated rings. The van der Waals surface area contributed by atoms with Crippen molar-refractivity contribution in [2.45, 2.75) is 27.4 Å². The lowest BCUT2D eigenvalue weighted by Crippen LogP contribution is -2.13. The van der Waals surface area contributed by atoms with Gasteiger partial charge in [0.05, 0.1) is 11.1 Å². The topological polar surface area (TPSA) is 77.2 Å². The van der Waals surface area contributed by atoms with Crippen LogP contribution in [-0.2, 0) is 6.61 Å². The Morgan fingerprint density at radius 2 is 2.07 bits per heavy atom. The van der Waals surface area contributed by atoms with Crippen molar-refractivity contribution in [1.29, 1.82) is 0 Å². The largest absolute Gasteiger partial charge is 0.489 e. The highest BCUT2D eigenvalue weighted by molar-refractivity contribution is 7.12. The minimum absolute atomic E-state index is 0.228. The van der Waals surface area contributed by atoms with Crippen LogP contribution in [0.3, 0.4) is 0 Å². The molecule has 0 radical (unpaired) electrons. The highest BCUT2D eigenvalue weighted by atomic mass is 32.1. The predicted molar refractivity (Wildman–Crippen MR) is 117 cm³/mol. The monoisotopic (exact) mass is 419 g/mol. The van der Waals surface area contributed by atoms with Gasteiger partial charge in [-0.05, 0) is 73.2 Å². The molecule has 0 aliphatic carbocycles. The van der Waals surface area contributed by atoms with Crippen molar-refractivity contribution in [1.82, 2.24) is 9.97 Å². The zero-order chi connectivity index (χ0) is 21.1. The summed E-state index contributed by atoms with van der Waals surface area (Å²) in [5.74, 6) is 1.45. The summed E-state index contributed by atoms with van der Waals surface area (Å²) in [6, 6.07) is 11.3. The van der Waals surface area contributed by atoms with E-state index in [1.807, 2.05) is 24.4 Å². The predicted octanol–water partition coefficient (Wildman–Crippen LogP) is 5.55. The number of aryl methyl sites for hydroxylation is 2. The molecule has 0 spiro atoms. The second kappa shape index (κ2) is 8.51. The first-order valence-electron chi connectivity index (χ1n) is 9.46. The SMILES string of the molecule is Cc1cc(C)c(C)c(OCc2csc(C(=O)Nc3nccc(-c4ccco4)n3)c2)c1. The molecule has 7 heteroatoms. The molecule has 0 aliphatic rings. The third-order valence-corrected chi connectivity index (χ3v) is 5.67. The molecule has 1 N–H and O–H groups in total. The van der Waals surface area contributed by atoms with Crippen molar-refractivity contribution in [2.75, 3.05) is 5.32 Å². The second-order valence-electron chi connectivity index (χ2n) is 7.01. The molecule has 4 rings (SSSR count). The average molecular weight is 420 g/mol. The van der Waals surface area contributed by atoms with Crippen LogP contribution in [0.4, 0.5) is 5.95 Å². The van der Waals surface area contributed by atoms with Gasteiger partial charge in [-0.25, -0.2) is 9.97 Å².